The second-order valence-corrected chi connectivity index (χ2v) is 6.49. The summed E-state index contributed by atoms with van der Waals surface area (Å²) in [5, 5.41) is 9.32. The van der Waals surface area contributed by atoms with Crippen molar-refractivity contribution < 1.29 is 4.79 Å². The van der Waals surface area contributed by atoms with Gasteiger partial charge in [-0.05, 0) is 38.1 Å². The van der Waals surface area contributed by atoms with Crippen LogP contribution in [0.15, 0.2) is 60.0 Å². The monoisotopic (exact) mass is 367 g/mol. The zero-order valence-corrected chi connectivity index (χ0v) is 15.7. The molecule has 6 nitrogen and oxygen atoms in total. The van der Waals surface area contributed by atoms with Gasteiger partial charge in [-0.1, -0.05) is 30.0 Å². The van der Waals surface area contributed by atoms with Gasteiger partial charge in [-0.25, -0.2) is 0 Å². The summed E-state index contributed by atoms with van der Waals surface area (Å²) in [5.41, 5.74) is 1.88. The van der Waals surface area contributed by atoms with Gasteiger partial charge in [-0.3, -0.25) is 9.78 Å². The van der Waals surface area contributed by atoms with E-state index in [0.717, 1.165) is 28.8 Å². The molecule has 0 radical (unpaired) electrons. The van der Waals surface area contributed by atoms with Crippen molar-refractivity contribution in [2.75, 3.05) is 17.2 Å². The topological polar surface area (TPSA) is 63.9 Å². The van der Waals surface area contributed by atoms with Gasteiger partial charge < -0.3 is 9.47 Å². The molecule has 0 atom stereocenters. The molecule has 0 aliphatic rings. The third kappa shape index (κ3) is 3.94. The molecule has 134 valence electrons. The maximum Gasteiger partial charge on any atom is 0.237 e. The quantitative estimate of drug-likeness (QED) is 0.598. The van der Waals surface area contributed by atoms with Crippen LogP contribution < -0.4 is 4.90 Å². The van der Waals surface area contributed by atoms with Crippen LogP contribution in [0.5, 0.6) is 0 Å². The van der Waals surface area contributed by atoms with Crippen molar-refractivity contribution in [3.05, 3.63) is 54.9 Å². The molecule has 0 fully saturated rings. The molecule has 0 bridgehead atoms. The smallest absolute Gasteiger partial charge is 0.237 e. The number of rotatable bonds is 7. The Hall–Kier alpha value is -2.67. The normalized spacial score (nSPS) is 10.7. The van der Waals surface area contributed by atoms with E-state index in [1.165, 1.54) is 11.8 Å². The summed E-state index contributed by atoms with van der Waals surface area (Å²) in [7, 11) is 0. The minimum absolute atomic E-state index is 0.0554. The average Bonchev–Trinajstić information content (AvgIpc) is 3.11. The van der Waals surface area contributed by atoms with Gasteiger partial charge in [0.2, 0.25) is 5.91 Å². The Bertz CT molecular complexity index is 851. The van der Waals surface area contributed by atoms with E-state index in [4.69, 9.17) is 0 Å². The first-order chi connectivity index (χ1) is 12.7. The lowest BCUT2D eigenvalue weighted by Gasteiger charge is -2.20. The van der Waals surface area contributed by atoms with Crippen molar-refractivity contribution in [1.82, 2.24) is 19.7 Å². The molecular weight excluding hydrogens is 346 g/mol. The van der Waals surface area contributed by atoms with Crippen LogP contribution in [0.2, 0.25) is 0 Å². The molecule has 0 aliphatic carbocycles. The molecule has 0 saturated heterocycles. The first-order valence-corrected chi connectivity index (χ1v) is 9.55. The zero-order chi connectivity index (χ0) is 18.4. The number of hydrogen-bond acceptors (Lipinski definition) is 5. The van der Waals surface area contributed by atoms with Gasteiger partial charge in [0.05, 0.1) is 5.75 Å². The number of carbonyl (C=O) groups is 1. The lowest BCUT2D eigenvalue weighted by Crippen LogP contribution is -2.32. The fourth-order valence-electron chi connectivity index (χ4n) is 2.71. The van der Waals surface area contributed by atoms with E-state index in [9.17, 15) is 4.79 Å². The van der Waals surface area contributed by atoms with Crippen LogP contribution in [0, 0.1) is 0 Å². The first-order valence-electron chi connectivity index (χ1n) is 8.56. The standard InChI is InChI=1S/C19H21N5OS/c1-3-23(16-8-6-5-7-9-16)17(25)14-26-19-22-21-18(24(19)4-2)15-10-12-20-13-11-15/h5-13H,3-4,14H2,1-2H3. The molecule has 1 aromatic carbocycles. The first kappa shape index (κ1) is 18.1. The Labute approximate surface area is 157 Å². The third-order valence-electron chi connectivity index (χ3n) is 3.98. The van der Waals surface area contributed by atoms with Gasteiger partial charge in [0.1, 0.15) is 0 Å². The summed E-state index contributed by atoms with van der Waals surface area (Å²) in [6.45, 7) is 5.39. The zero-order valence-electron chi connectivity index (χ0n) is 14.9. The maximum absolute atomic E-state index is 12.7. The van der Waals surface area contributed by atoms with E-state index in [1.807, 2.05) is 60.9 Å². The fourth-order valence-corrected chi connectivity index (χ4v) is 3.59. The minimum Gasteiger partial charge on any atom is -0.312 e. The van der Waals surface area contributed by atoms with Crippen LogP contribution in [-0.2, 0) is 11.3 Å². The number of thioether (sulfide) groups is 1. The highest BCUT2D eigenvalue weighted by atomic mass is 32.2. The third-order valence-corrected chi connectivity index (χ3v) is 4.93. The predicted molar refractivity (Wildman–Crippen MR) is 104 cm³/mol. The average molecular weight is 367 g/mol. The molecule has 1 amide bonds. The fraction of sp³-hybridized carbons (Fsp3) is 0.263. The van der Waals surface area contributed by atoms with Gasteiger partial charge in [-0.2, -0.15) is 0 Å². The molecular formula is C19H21N5OS. The highest BCUT2D eigenvalue weighted by Gasteiger charge is 2.18. The number of para-hydroxylation sites is 1. The SMILES string of the molecule is CCN(C(=O)CSc1nnc(-c2ccncc2)n1CC)c1ccccc1. The predicted octanol–water partition coefficient (Wildman–Crippen LogP) is 3.51. The van der Waals surface area contributed by atoms with Gasteiger partial charge in [0, 0.05) is 36.7 Å². The highest BCUT2D eigenvalue weighted by molar-refractivity contribution is 7.99. The molecule has 0 spiro atoms. The number of aromatic nitrogens is 4. The van der Waals surface area contributed by atoms with Crippen LogP contribution in [0.25, 0.3) is 11.4 Å². The molecule has 0 unspecified atom stereocenters. The molecule has 7 heteroatoms. The van der Waals surface area contributed by atoms with Crippen molar-refractivity contribution in [3.63, 3.8) is 0 Å². The molecule has 2 aromatic heterocycles. The number of pyridine rings is 1. The van der Waals surface area contributed by atoms with E-state index >= 15 is 0 Å². The number of benzene rings is 1. The molecule has 3 aromatic rings. The van der Waals surface area contributed by atoms with Gasteiger partial charge in [0.25, 0.3) is 0 Å². The summed E-state index contributed by atoms with van der Waals surface area (Å²) in [5.74, 6) is 1.16. The number of carbonyl (C=O) groups excluding carboxylic acids is 1. The van der Waals surface area contributed by atoms with E-state index < -0.39 is 0 Å². The largest absolute Gasteiger partial charge is 0.312 e. The van der Waals surface area contributed by atoms with Crippen molar-refractivity contribution in [2.45, 2.75) is 25.5 Å². The molecule has 0 aliphatic heterocycles. The van der Waals surface area contributed by atoms with Crippen molar-refractivity contribution in [1.29, 1.82) is 0 Å². The maximum atomic E-state index is 12.7. The van der Waals surface area contributed by atoms with Crippen LogP contribution in [0.1, 0.15) is 13.8 Å². The van der Waals surface area contributed by atoms with Crippen LogP contribution >= 0.6 is 11.8 Å². The van der Waals surface area contributed by atoms with Crippen LogP contribution in [0.4, 0.5) is 5.69 Å². The number of nitrogens with zero attached hydrogens (tertiary/aromatic N) is 5. The summed E-state index contributed by atoms with van der Waals surface area (Å²) < 4.78 is 2.02. The summed E-state index contributed by atoms with van der Waals surface area (Å²) in [6, 6.07) is 13.5. The van der Waals surface area contributed by atoms with Crippen molar-refractivity contribution in [3.8, 4) is 11.4 Å². The Morgan fingerprint density at radius 2 is 1.81 bits per heavy atom. The Balaban J connectivity index is 1.73. The lowest BCUT2D eigenvalue weighted by molar-refractivity contribution is -0.116. The van der Waals surface area contributed by atoms with Crippen molar-refractivity contribution in [2.24, 2.45) is 0 Å². The van der Waals surface area contributed by atoms with E-state index in [2.05, 4.69) is 15.2 Å². The Kier molecular flexibility index (Phi) is 6.01. The van der Waals surface area contributed by atoms with Crippen LogP contribution in [-0.4, -0.2) is 38.0 Å². The Morgan fingerprint density at radius 1 is 1.08 bits per heavy atom. The van der Waals surface area contributed by atoms with Gasteiger partial charge in [-0.15, -0.1) is 10.2 Å². The number of anilines is 1. The summed E-state index contributed by atoms with van der Waals surface area (Å²) in [4.78, 5) is 18.5. The Morgan fingerprint density at radius 3 is 2.46 bits per heavy atom. The lowest BCUT2D eigenvalue weighted by atomic mass is 10.2. The van der Waals surface area contributed by atoms with Gasteiger partial charge in [0.15, 0.2) is 11.0 Å². The van der Waals surface area contributed by atoms with E-state index in [-0.39, 0.29) is 5.91 Å². The van der Waals surface area contributed by atoms with E-state index in [1.54, 1.807) is 17.3 Å². The molecule has 3 rings (SSSR count). The minimum atomic E-state index is 0.0554. The molecule has 26 heavy (non-hydrogen) atoms. The number of hydrogen-bond donors (Lipinski definition) is 0. The summed E-state index contributed by atoms with van der Waals surface area (Å²) >= 11 is 1.42. The number of amides is 1. The highest BCUT2D eigenvalue weighted by Crippen LogP contribution is 2.24. The second kappa shape index (κ2) is 8.62. The second-order valence-electron chi connectivity index (χ2n) is 5.55. The summed E-state index contributed by atoms with van der Waals surface area (Å²) in [6.07, 6.45) is 3.47. The molecule has 0 N–H and O–H groups in total. The van der Waals surface area contributed by atoms with Crippen molar-refractivity contribution >= 4 is 23.4 Å². The molecule has 0 saturated carbocycles. The van der Waals surface area contributed by atoms with E-state index in [0.29, 0.717) is 12.3 Å². The molecule has 2 heterocycles. The van der Waals surface area contributed by atoms with Gasteiger partial charge >= 0.3 is 0 Å². The van der Waals surface area contributed by atoms with Crippen LogP contribution in [0.3, 0.4) is 0 Å².